The summed E-state index contributed by atoms with van der Waals surface area (Å²) in [5.74, 6) is -0.517. The lowest BCUT2D eigenvalue weighted by molar-refractivity contribution is -0.217. The van der Waals surface area contributed by atoms with E-state index in [1.54, 1.807) is 0 Å². The van der Waals surface area contributed by atoms with Crippen molar-refractivity contribution in [3.05, 3.63) is 11.6 Å². The molecule has 5 aliphatic carbocycles. The number of hydrogen-bond donors (Lipinski definition) is 3. The SMILES string of the molecule is CC1(C)CC[C@]2(C(=O)O)[C@H](O)C[C@]3(C)C(=CC[C@H]4[C@@]5(C)CC[C@H](O)[C@@](C)(C=O)[C@H]5CC[C@]43C)[C@@H]2C1. The summed E-state index contributed by atoms with van der Waals surface area (Å²) in [5, 5.41) is 33.0. The molecule has 4 fully saturated rings. The second kappa shape index (κ2) is 7.43. The van der Waals surface area contributed by atoms with Crippen molar-refractivity contribution in [1.82, 2.24) is 0 Å². The van der Waals surface area contributed by atoms with Crippen LogP contribution >= 0.6 is 0 Å². The maximum atomic E-state index is 12.8. The van der Waals surface area contributed by atoms with Crippen LogP contribution in [0.2, 0.25) is 0 Å². The third-order valence-electron chi connectivity index (χ3n) is 13.0. The van der Waals surface area contributed by atoms with Gasteiger partial charge in [-0.05, 0) is 97.2 Å². The van der Waals surface area contributed by atoms with Crippen molar-refractivity contribution in [3.8, 4) is 0 Å². The Morgan fingerprint density at radius 1 is 0.914 bits per heavy atom. The average molecular weight is 487 g/mol. The summed E-state index contributed by atoms with van der Waals surface area (Å²) in [7, 11) is 0. The van der Waals surface area contributed by atoms with Gasteiger partial charge in [0.15, 0.2) is 0 Å². The van der Waals surface area contributed by atoms with E-state index in [1.165, 1.54) is 5.57 Å². The van der Waals surface area contributed by atoms with E-state index in [0.717, 1.165) is 44.8 Å². The molecule has 5 aliphatic rings. The van der Waals surface area contributed by atoms with Gasteiger partial charge in [-0.25, -0.2) is 0 Å². The zero-order valence-corrected chi connectivity index (χ0v) is 22.6. The van der Waals surface area contributed by atoms with Crippen LogP contribution < -0.4 is 0 Å². The van der Waals surface area contributed by atoms with Gasteiger partial charge in [-0.3, -0.25) is 4.79 Å². The van der Waals surface area contributed by atoms with Crippen LogP contribution in [0.4, 0.5) is 0 Å². The third-order valence-corrected chi connectivity index (χ3v) is 13.0. The zero-order chi connectivity index (χ0) is 25.8. The summed E-state index contributed by atoms with van der Waals surface area (Å²) >= 11 is 0. The van der Waals surface area contributed by atoms with Crippen LogP contribution in [0.1, 0.15) is 99.3 Å². The Balaban J connectivity index is 1.63. The molecule has 0 aromatic heterocycles. The van der Waals surface area contributed by atoms with Crippen LogP contribution in [0.5, 0.6) is 0 Å². The highest BCUT2D eigenvalue weighted by molar-refractivity contribution is 5.77. The molecule has 0 aromatic carbocycles. The molecule has 0 heterocycles. The number of allylic oxidation sites excluding steroid dienone is 2. The molecule has 5 nitrogen and oxygen atoms in total. The fourth-order valence-electron chi connectivity index (χ4n) is 10.6. The number of carbonyl (C=O) groups excluding carboxylic acids is 1. The highest BCUT2D eigenvalue weighted by atomic mass is 16.4. The van der Waals surface area contributed by atoms with Gasteiger partial charge < -0.3 is 20.1 Å². The average Bonchev–Trinajstić information content (AvgIpc) is 2.76. The summed E-state index contributed by atoms with van der Waals surface area (Å²) in [6, 6.07) is 0. The quantitative estimate of drug-likeness (QED) is 0.360. The molecular formula is C30H46O5. The zero-order valence-electron chi connectivity index (χ0n) is 22.6. The van der Waals surface area contributed by atoms with Crippen LogP contribution in [-0.2, 0) is 9.59 Å². The number of aliphatic carboxylic acids is 1. The smallest absolute Gasteiger partial charge is 0.312 e. The van der Waals surface area contributed by atoms with Gasteiger partial charge in [-0.1, -0.05) is 53.2 Å². The highest BCUT2D eigenvalue weighted by Gasteiger charge is 2.71. The number of rotatable bonds is 2. The minimum absolute atomic E-state index is 0.0507. The number of carbonyl (C=O) groups is 2. The molecule has 35 heavy (non-hydrogen) atoms. The van der Waals surface area contributed by atoms with Gasteiger partial charge in [0.05, 0.1) is 17.6 Å². The molecule has 5 heteroatoms. The predicted octanol–water partition coefficient (Wildman–Crippen LogP) is 5.38. The molecule has 0 radical (unpaired) electrons. The van der Waals surface area contributed by atoms with E-state index in [9.17, 15) is 24.9 Å². The minimum Gasteiger partial charge on any atom is -0.481 e. The third kappa shape index (κ3) is 2.94. The van der Waals surface area contributed by atoms with Crippen LogP contribution in [0, 0.1) is 50.2 Å². The predicted molar refractivity (Wildman–Crippen MR) is 134 cm³/mol. The molecule has 10 atom stereocenters. The normalized spacial score (nSPS) is 54.9. The van der Waals surface area contributed by atoms with Crippen molar-refractivity contribution >= 4 is 12.3 Å². The van der Waals surface area contributed by atoms with E-state index in [0.29, 0.717) is 25.2 Å². The number of fused-ring (bicyclic) bond motifs is 7. The van der Waals surface area contributed by atoms with E-state index in [4.69, 9.17) is 0 Å². The van der Waals surface area contributed by atoms with E-state index < -0.39 is 29.0 Å². The highest BCUT2D eigenvalue weighted by Crippen LogP contribution is 2.75. The maximum absolute atomic E-state index is 12.8. The summed E-state index contributed by atoms with van der Waals surface area (Å²) < 4.78 is 0. The maximum Gasteiger partial charge on any atom is 0.312 e. The van der Waals surface area contributed by atoms with E-state index in [2.05, 4.69) is 40.7 Å². The monoisotopic (exact) mass is 486 g/mol. The number of aliphatic hydroxyl groups excluding tert-OH is 2. The number of aliphatic hydroxyl groups is 2. The second-order valence-electron chi connectivity index (χ2n) is 14.8. The molecule has 0 amide bonds. The topological polar surface area (TPSA) is 94.8 Å². The Kier molecular flexibility index (Phi) is 5.40. The fraction of sp³-hybridized carbons (Fsp3) is 0.867. The van der Waals surface area contributed by atoms with Gasteiger partial charge in [-0.2, -0.15) is 0 Å². The number of aldehydes is 1. The number of carboxylic acid groups (broad SMARTS) is 1. The molecule has 3 N–H and O–H groups in total. The number of hydrogen-bond acceptors (Lipinski definition) is 4. The molecule has 0 bridgehead atoms. The molecule has 0 spiro atoms. The summed E-state index contributed by atoms with van der Waals surface area (Å²) in [4.78, 5) is 25.1. The van der Waals surface area contributed by atoms with Gasteiger partial charge in [0.1, 0.15) is 11.7 Å². The first-order valence-electron chi connectivity index (χ1n) is 13.9. The Morgan fingerprint density at radius 3 is 2.23 bits per heavy atom. The summed E-state index contributed by atoms with van der Waals surface area (Å²) in [6.07, 6.45) is 8.83. The first kappa shape index (κ1) is 25.4. The van der Waals surface area contributed by atoms with Crippen molar-refractivity contribution in [1.29, 1.82) is 0 Å². The molecule has 4 saturated carbocycles. The molecular weight excluding hydrogens is 440 g/mol. The van der Waals surface area contributed by atoms with Crippen molar-refractivity contribution < 1.29 is 24.9 Å². The van der Waals surface area contributed by atoms with Gasteiger partial charge >= 0.3 is 5.97 Å². The van der Waals surface area contributed by atoms with Crippen molar-refractivity contribution in [2.45, 2.75) is 112 Å². The molecule has 0 saturated heterocycles. The van der Waals surface area contributed by atoms with Crippen molar-refractivity contribution in [2.24, 2.45) is 50.2 Å². The van der Waals surface area contributed by atoms with Crippen LogP contribution in [0.25, 0.3) is 0 Å². The van der Waals surface area contributed by atoms with Gasteiger partial charge in [0.25, 0.3) is 0 Å². The van der Waals surface area contributed by atoms with Crippen molar-refractivity contribution in [2.75, 3.05) is 0 Å². The van der Waals surface area contributed by atoms with E-state index in [1.807, 2.05) is 6.92 Å². The molecule has 196 valence electrons. The van der Waals surface area contributed by atoms with Crippen molar-refractivity contribution in [3.63, 3.8) is 0 Å². The van der Waals surface area contributed by atoms with E-state index >= 15 is 0 Å². The molecule has 0 unspecified atom stereocenters. The fourth-order valence-corrected chi connectivity index (χ4v) is 10.6. The van der Waals surface area contributed by atoms with Crippen LogP contribution in [0.3, 0.4) is 0 Å². The van der Waals surface area contributed by atoms with Gasteiger partial charge in [0.2, 0.25) is 0 Å². The Morgan fingerprint density at radius 2 is 1.60 bits per heavy atom. The minimum atomic E-state index is -1.09. The molecule has 5 rings (SSSR count). The second-order valence-corrected chi connectivity index (χ2v) is 14.8. The largest absolute Gasteiger partial charge is 0.481 e. The summed E-state index contributed by atoms with van der Waals surface area (Å²) in [6.45, 7) is 13.5. The Bertz CT molecular complexity index is 970. The lowest BCUT2D eigenvalue weighted by Crippen LogP contribution is -2.67. The van der Waals surface area contributed by atoms with E-state index in [-0.39, 0.29) is 33.5 Å². The lowest BCUT2D eigenvalue weighted by atomic mass is 9.33. The Labute approximate surface area is 210 Å². The summed E-state index contributed by atoms with van der Waals surface area (Å²) in [5.41, 5.74) is -0.934. The van der Waals surface area contributed by atoms with Gasteiger partial charge in [-0.15, -0.1) is 0 Å². The lowest BCUT2D eigenvalue weighted by Gasteiger charge is -2.71. The Hall–Kier alpha value is -1.20. The number of carboxylic acids is 1. The van der Waals surface area contributed by atoms with Crippen LogP contribution in [0.15, 0.2) is 11.6 Å². The standard InChI is InChI=1S/C30H46O5/c1-25(2)13-14-30(24(34)35)19(15-25)18-7-8-21-26(3)11-10-22(32)27(4,17-31)20(26)9-12-28(21,5)29(18,6)16-23(30)33/h7,17,19-23,32-33H,8-16H2,1-6H3,(H,34,35)/t19-,20-,21-,22-,23+,26-,27-,28+,29+,30+/m0/s1. The first-order valence-corrected chi connectivity index (χ1v) is 13.9. The van der Waals surface area contributed by atoms with Crippen LogP contribution in [-0.4, -0.2) is 39.8 Å². The molecule has 0 aromatic rings. The molecule has 0 aliphatic heterocycles. The first-order chi connectivity index (χ1) is 16.1. The van der Waals surface area contributed by atoms with Gasteiger partial charge in [0, 0.05) is 0 Å².